The second-order valence-corrected chi connectivity index (χ2v) is 6.94. The van der Waals surface area contributed by atoms with Gasteiger partial charge in [0, 0.05) is 11.6 Å². The van der Waals surface area contributed by atoms with Gasteiger partial charge >= 0.3 is 0 Å². The van der Waals surface area contributed by atoms with Crippen LogP contribution in [0.15, 0.2) is 41.9 Å². The summed E-state index contributed by atoms with van der Waals surface area (Å²) in [6.07, 6.45) is 1.54. The van der Waals surface area contributed by atoms with Gasteiger partial charge in [-0.1, -0.05) is 46.8 Å². The summed E-state index contributed by atoms with van der Waals surface area (Å²) in [5, 5.41) is 20.5. The Bertz CT molecular complexity index is 1060. The summed E-state index contributed by atoms with van der Waals surface area (Å²) in [5.74, 6) is -0.870. The lowest BCUT2D eigenvalue weighted by molar-refractivity contribution is 0.101. The number of hydrogen-bond acceptors (Lipinski definition) is 9. The molecule has 4 aromatic rings. The van der Waals surface area contributed by atoms with Gasteiger partial charge in [0.05, 0.1) is 4.88 Å². The Labute approximate surface area is 159 Å². The SMILES string of the molecule is O=C(Nc1nc(C(=O)Nc2nn[nH]n2)c(-c2ccccc2)s1)c1nccs1. The highest BCUT2D eigenvalue weighted by molar-refractivity contribution is 7.19. The number of H-pyrrole nitrogens is 1. The van der Waals surface area contributed by atoms with Crippen LogP contribution >= 0.6 is 22.7 Å². The van der Waals surface area contributed by atoms with Crippen LogP contribution in [0.1, 0.15) is 20.3 Å². The first kappa shape index (κ1) is 16.9. The molecule has 0 saturated carbocycles. The Kier molecular flexibility index (Phi) is 4.63. The van der Waals surface area contributed by atoms with Gasteiger partial charge < -0.3 is 0 Å². The van der Waals surface area contributed by atoms with Gasteiger partial charge in [-0.2, -0.15) is 5.21 Å². The Morgan fingerprint density at radius 1 is 1.07 bits per heavy atom. The second-order valence-electron chi connectivity index (χ2n) is 5.04. The monoisotopic (exact) mass is 398 g/mol. The van der Waals surface area contributed by atoms with E-state index in [1.807, 2.05) is 30.3 Å². The largest absolute Gasteiger partial charge is 0.296 e. The maximum absolute atomic E-state index is 12.6. The van der Waals surface area contributed by atoms with E-state index in [0.717, 1.165) is 5.56 Å². The number of nitrogens with one attached hydrogen (secondary N) is 3. The van der Waals surface area contributed by atoms with Gasteiger partial charge in [-0.15, -0.1) is 16.4 Å². The average molecular weight is 398 g/mol. The molecule has 0 aliphatic heterocycles. The average Bonchev–Trinajstić information content (AvgIpc) is 3.44. The van der Waals surface area contributed by atoms with Crippen LogP contribution in [0.3, 0.4) is 0 Å². The van der Waals surface area contributed by atoms with Crippen LogP contribution in [-0.4, -0.2) is 42.4 Å². The molecule has 4 rings (SSSR count). The van der Waals surface area contributed by atoms with Crippen molar-refractivity contribution in [3.63, 3.8) is 0 Å². The van der Waals surface area contributed by atoms with Crippen LogP contribution in [0.25, 0.3) is 10.4 Å². The van der Waals surface area contributed by atoms with Crippen molar-refractivity contribution in [2.24, 2.45) is 0 Å². The van der Waals surface area contributed by atoms with Crippen molar-refractivity contribution in [3.8, 4) is 10.4 Å². The molecule has 2 amide bonds. The molecule has 10 nitrogen and oxygen atoms in total. The maximum Gasteiger partial charge on any atom is 0.286 e. The van der Waals surface area contributed by atoms with Crippen LogP contribution in [-0.2, 0) is 0 Å². The minimum absolute atomic E-state index is 0.0281. The fraction of sp³-hybridized carbons (Fsp3) is 0. The van der Waals surface area contributed by atoms with E-state index in [0.29, 0.717) is 9.88 Å². The number of aromatic amines is 1. The molecule has 0 aliphatic carbocycles. The number of amides is 2. The first-order valence-corrected chi connectivity index (χ1v) is 9.22. The molecule has 0 saturated heterocycles. The summed E-state index contributed by atoms with van der Waals surface area (Å²) in [6, 6.07) is 9.28. The van der Waals surface area contributed by atoms with E-state index in [-0.39, 0.29) is 22.7 Å². The van der Waals surface area contributed by atoms with Gasteiger partial charge in [0.1, 0.15) is 5.69 Å². The van der Waals surface area contributed by atoms with E-state index in [9.17, 15) is 9.59 Å². The van der Waals surface area contributed by atoms with Crippen LogP contribution < -0.4 is 10.6 Å². The van der Waals surface area contributed by atoms with E-state index in [1.54, 1.807) is 11.6 Å². The molecular formula is C15H10N8O2S2. The lowest BCUT2D eigenvalue weighted by atomic mass is 10.1. The molecule has 12 heteroatoms. The molecule has 27 heavy (non-hydrogen) atoms. The van der Waals surface area contributed by atoms with Crippen molar-refractivity contribution in [3.05, 3.63) is 52.6 Å². The Hall–Kier alpha value is -3.51. The van der Waals surface area contributed by atoms with Crippen LogP contribution in [0.4, 0.5) is 11.1 Å². The molecule has 0 unspecified atom stereocenters. The second kappa shape index (κ2) is 7.39. The van der Waals surface area contributed by atoms with E-state index in [2.05, 4.69) is 41.2 Å². The smallest absolute Gasteiger partial charge is 0.286 e. The number of nitrogens with zero attached hydrogens (tertiary/aromatic N) is 5. The molecule has 3 heterocycles. The van der Waals surface area contributed by atoms with E-state index >= 15 is 0 Å². The fourth-order valence-corrected chi connectivity index (χ4v) is 3.67. The molecule has 0 atom stereocenters. The van der Waals surface area contributed by atoms with Crippen LogP contribution in [0, 0.1) is 0 Å². The van der Waals surface area contributed by atoms with Crippen molar-refractivity contribution < 1.29 is 9.59 Å². The summed E-state index contributed by atoms with van der Waals surface area (Å²) >= 11 is 2.40. The number of carbonyl (C=O) groups excluding carboxylic acids is 2. The summed E-state index contributed by atoms with van der Waals surface area (Å²) in [6.45, 7) is 0. The van der Waals surface area contributed by atoms with Crippen molar-refractivity contribution in [1.29, 1.82) is 0 Å². The third-order valence-corrected chi connectivity index (χ3v) is 5.09. The van der Waals surface area contributed by atoms with Crippen LogP contribution in [0.2, 0.25) is 0 Å². The Morgan fingerprint density at radius 3 is 2.63 bits per heavy atom. The number of thiazole rings is 2. The molecule has 134 valence electrons. The number of tetrazole rings is 1. The highest BCUT2D eigenvalue weighted by atomic mass is 32.1. The molecular weight excluding hydrogens is 388 g/mol. The molecule has 3 aromatic heterocycles. The van der Waals surface area contributed by atoms with Crippen molar-refractivity contribution >= 4 is 45.6 Å². The normalized spacial score (nSPS) is 10.5. The number of aromatic nitrogens is 6. The van der Waals surface area contributed by atoms with Crippen LogP contribution in [0.5, 0.6) is 0 Å². The van der Waals surface area contributed by atoms with E-state index in [1.165, 1.54) is 22.7 Å². The van der Waals surface area contributed by atoms with Gasteiger partial charge in [-0.3, -0.25) is 20.2 Å². The molecule has 3 N–H and O–H groups in total. The lowest BCUT2D eigenvalue weighted by Crippen LogP contribution is -2.15. The van der Waals surface area contributed by atoms with Gasteiger partial charge in [0.2, 0.25) is 0 Å². The summed E-state index contributed by atoms with van der Waals surface area (Å²) < 4.78 is 0. The minimum Gasteiger partial charge on any atom is -0.296 e. The Morgan fingerprint density at radius 2 is 1.93 bits per heavy atom. The molecule has 0 spiro atoms. The highest BCUT2D eigenvalue weighted by Crippen LogP contribution is 2.33. The Balaban J connectivity index is 1.66. The molecule has 0 aliphatic rings. The van der Waals surface area contributed by atoms with Crippen molar-refractivity contribution in [2.75, 3.05) is 10.6 Å². The van der Waals surface area contributed by atoms with E-state index < -0.39 is 5.91 Å². The highest BCUT2D eigenvalue weighted by Gasteiger charge is 2.22. The van der Waals surface area contributed by atoms with Crippen molar-refractivity contribution in [1.82, 2.24) is 30.6 Å². The predicted octanol–water partition coefficient (Wildman–Crippen LogP) is 2.28. The van der Waals surface area contributed by atoms with E-state index in [4.69, 9.17) is 0 Å². The first-order chi connectivity index (χ1) is 13.2. The van der Waals surface area contributed by atoms with Gasteiger partial charge in [-0.05, 0) is 10.8 Å². The summed E-state index contributed by atoms with van der Waals surface area (Å²) in [5.41, 5.74) is 0.938. The molecule has 1 aromatic carbocycles. The molecule has 0 bridgehead atoms. The van der Waals surface area contributed by atoms with Gasteiger partial charge in [0.25, 0.3) is 17.8 Å². The zero-order valence-electron chi connectivity index (χ0n) is 13.4. The number of anilines is 2. The number of carbonyl (C=O) groups is 2. The third-order valence-electron chi connectivity index (χ3n) is 3.30. The topological polar surface area (TPSA) is 138 Å². The number of benzene rings is 1. The quantitative estimate of drug-likeness (QED) is 0.469. The first-order valence-electron chi connectivity index (χ1n) is 7.52. The summed E-state index contributed by atoms with van der Waals surface area (Å²) in [4.78, 5) is 33.7. The van der Waals surface area contributed by atoms with Gasteiger partial charge in [0.15, 0.2) is 10.1 Å². The third kappa shape index (κ3) is 3.70. The predicted molar refractivity (Wildman–Crippen MR) is 99.7 cm³/mol. The standard InChI is InChI=1S/C15H10N8O2S2/c24-11(18-14-20-22-23-21-14)9-10(8-4-2-1-3-5-8)27-15(17-9)19-12(25)13-16-6-7-26-13/h1-7H,(H,17,19,25)(H2,18,20,21,22,23,24). The van der Waals surface area contributed by atoms with Gasteiger partial charge in [-0.25, -0.2) is 9.97 Å². The number of rotatable bonds is 5. The van der Waals surface area contributed by atoms with Crippen molar-refractivity contribution in [2.45, 2.75) is 0 Å². The fourth-order valence-electron chi connectivity index (χ4n) is 2.17. The summed E-state index contributed by atoms with van der Waals surface area (Å²) in [7, 11) is 0. The maximum atomic E-state index is 12.6. The lowest BCUT2D eigenvalue weighted by Gasteiger charge is -2.01. The number of hydrogen-bond donors (Lipinski definition) is 3. The molecule has 0 fully saturated rings. The molecule has 0 radical (unpaired) electrons. The minimum atomic E-state index is -0.513. The zero-order chi connectivity index (χ0) is 18.6. The zero-order valence-corrected chi connectivity index (χ0v) is 15.0.